The van der Waals surface area contributed by atoms with Gasteiger partial charge in [0.05, 0.1) is 5.56 Å². The fraction of sp³-hybridized carbons (Fsp3) is 0.240. The maximum Gasteiger partial charge on any atom is 0.416 e. The zero-order valence-electron chi connectivity index (χ0n) is 18.2. The summed E-state index contributed by atoms with van der Waals surface area (Å²) in [6, 6.07) is 18.4. The summed E-state index contributed by atoms with van der Waals surface area (Å²) in [7, 11) is 0. The summed E-state index contributed by atoms with van der Waals surface area (Å²) in [5.41, 5.74) is 0.396. The van der Waals surface area contributed by atoms with Gasteiger partial charge in [-0.25, -0.2) is 4.79 Å². The Kier molecular flexibility index (Phi) is 9.12. The van der Waals surface area contributed by atoms with Crippen molar-refractivity contribution in [2.45, 2.75) is 25.0 Å². The number of ether oxygens (including phenoxy) is 3. The summed E-state index contributed by atoms with van der Waals surface area (Å²) in [5.74, 6) is 2.09. The number of halogens is 4. The van der Waals surface area contributed by atoms with Crippen LogP contribution in [0.3, 0.4) is 0 Å². The molecule has 180 valence electrons. The first-order chi connectivity index (χ1) is 16.2. The van der Waals surface area contributed by atoms with E-state index in [2.05, 4.69) is 0 Å². The molecule has 3 aromatic rings. The van der Waals surface area contributed by atoms with Gasteiger partial charge in [0.1, 0.15) is 23.9 Å². The van der Waals surface area contributed by atoms with Gasteiger partial charge in [-0.15, -0.1) is 0 Å². The van der Waals surface area contributed by atoms with Crippen molar-refractivity contribution in [2.75, 3.05) is 12.4 Å². The molecule has 0 bridgehead atoms. The molecule has 1 unspecified atom stereocenters. The van der Waals surface area contributed by atoms with Gasteiger partial charge in [-0.3, -0.25) is 0 Å². The molecule has 0 saturated carbocycles. The third-order valence-corrected chi connectivity index (χ3v) is 5.78. The van der Waals surface area contributed by atoms with E-state index in [0.29, 0.717) is 22.3 Å². The average Bonchev–Trinajstić information content (AvgIpc) is 2.81. The number of thioether (sulfide) groups is 1. The van der Waals surface area contributed by atoms with Crippen molar-refractivity contribution in [3.05, 3.63) is 88.9 Å². The second kappa shape index (κ2) is 12.0. The minimum atomic E-state index is -4.40. The zero-order valence-corrected chi connectivity index (χ0v) is 19.8. The Morgan fingerprint density at radius 3 is 2.06 bits per heavy atom. The number of esters is 1. The van der Waals surface area contributed by atoms with Gasteiger partial charge in [0.25, 0.3) is 0 Å². The van der Waals surface area contributed by atoms with Gasteiger partial charge >= 0.3 is 12.1 Å². The summed E-state index contributed by atoms with van der Waals surface area (Å²) >= 11 is 7.51. The van der Waals surface area contributed by atoms with E-state index in [1.54, 1.807) is 43.0 Å². The van der Waals surface area contributed by atoms with Crippen LogP contribution in [0.4, 0.5) is 13.2 Å². The van der Waals surface area contributed by atoms with Gasteiger partial charge < -0.3 is 14.2 Å². The van der Waals surface area contributed by atoms with Gasteiger partial charge in [0, 0.05) is 16.5 Å². The highest BCUT2D eigenvalue weighted by molar-refractivity contribution is 7.98. The molecule has 0 saturated heterocycles. The number of hydrogen-bond acceptors (Lipinski definition) is 5. The van der Waals surface area contributed by atoms with Crippen molar-refractivity contribution >= 4 is 29.3 Å². The van der Waals surface area contributed by atoms with Crippen molar-refractivity contribution in [1.82, 2.24) is 0 Å². The highest BCUT2D eigenvalue weighted by Gasteiger charge is 2.30. The van der Waals surface area contributed by atoms with E-state index in [0.717, 1.165) is 23.4 Å². The van der Waals surface area contributed by atoms with E-state index >= 15 is 0 Å². The summed E-state index contributed by atoms with van der Waals surface area (Å²) in [6.07, 6.45) is -5.20. The van der Waals surface area contributed by atoms with Crippen LogP contribution in [0.15, 0.2) is 72.8 Å². The molecule has 9 heteroatoms. The predicted octanol–water partition coefficient (Wildman–Crippen LogP) is 7.40. The Hall–Kier alpha value is -2.84. The Morgan fingerprint density at radius 1 is 0.912 bits per heavy atom. The number of alkyl halides is 3. The molecule has 0 radical (unpaired) electrons. The summed E-state index contributed by atoms with van der Waals surface area (Å²) in [5, 5.41) is 0.693. The molecule has 1 atom stereocenters. The van der Waals surface area contributed by atoms with Crippen molar-refractivity contribution in [1.29, 1.82) is 0 Å². The number of hydrogen-bond donors (Lipinski definition) is 0. The van der Waals surface area contributed by atoms with Crippen LogP contribution in [0.25, 0.3) is 0 Å². The van der Waals surface area contributed by atoms with Gasteiger partial charge in [0.15, 0.2) is 6.10 Å². The largest absolute Gasteiger partial charge is 0.479 e. The lowest BCUT2D eigenvalue weighted by atomic mass is 10.2. The van der Waals surface area contributed by atoms with Gasteiger partial charge in [-0.1, -0.05) is 23.7 Å². The summed E-state index contributed by atoms with van der Waals surface area (Å²) in [6.45, 7) is 1.86. The number of carbonyl (C=O) groups is 1. The quantitative estimate of drug-likeness (QED) is 0.210. The van der Waals surface area contributed by atoms with Crippen LogP contribution in [0.1, 0.15) is 18.1 Å². The number of rotatable bonds is 10. The van der Waals surface area contributed by atoms with Crippen LogP contribution in [0.2, 0.25) is 5.02 Å². The lowest BCUT2D eigenvalue weighted by molar-refractivity contribution is -0.150. The second-order valence-corrected chi connectivity index (χ2v) is 8.74. The smallest absolute Gasteiger partial charge is 0.416 e. The van der Waals surface area contributed by atoms with Crippen LogP contribution in [-0.4, -0.2) is 24.4 Å². The first-order valence-corrected chi connectivity index (χ1v) is 11.8. The fourth-order valence-electron chi connectivity index (χ4n) is 2.78. The lowest BCUT2D eigenvalue weighted by Gasteiger charge is -2.14. The zero-order chi connectivity index (χ0) is 24.6. The molecule has 4 nitrogen and oxygen atoms in total. The monoisotopic (exact) mass is 510 g/mol. The average molecular weight is 511 g/mol. The maximum absolute atomic E-state index is 12.6. The standard InChI is InChI=1S/C25H22ClF3O4S/c1-17(24(30)31-14-15-34-16-18-2-6-20(26)7-3-18)32-21-10-12-23(13-11-21)33-22-8-4-19(5-9-22)25(27,28)29/h2-13,17H,14-16H2,1H3. The van der Waals surface area contributed by atoms with E-state index in [1.807, 2.05) is 24.3 Å². The summed E-state index contributed by atoms with van der Waals surface area (Å²) in [4.78, 5) is 12.1. The molecule has 0 heterocycles. The molecule has 0 aliphatic heterocycles. The highest BCUT2D eigenvalue weighted by atomic mass is 35.5. The molecule has 0 aliphatic carbocycles. The predicted molar refractivity (Wildman–Crippen MR) is 127 cm³/mol. The molecule has 3 aromatic carbocycles. The molecule has 0 amide bonds. The van der Waals surface area contributed by atoms with Crippen LogP contribution >= 0.6 is 23.4 Å². The van der Waals surface area contributed by atoms with Gasteiger partial charge in [0.2, 0.25) is 0 Å². The molecule has 3 rings (SSSR count). The topological polar surface area (TPSA) is 44.8 Å². The van der Waals surface area contributed by atoms with E-state index in [9.17, 15) is 18.0 Å². The van der Waals surface area contributed by atoms with E-state index in [4.69, 9.17) is 25.8 Å². The maximum atomic E-state index is 12.6. The lowest BCUT2D eigenvalue weighted by Crippen LogP contribution is -2.26. The normalized spacial score (nSPS) is 12.1. The van der Waals surface area contributed by atoms with E-state index in [-0.39, 0.29) is 12.4 Å². The van der Waals surface area contributed by atoms with Crippen LogP contribution in [0, 0.1) is 0 Å². The van der Waals surface area contributed by atoms with Crippen molar-refractivity contribution in [3.8, 4) is 17.2 Å². The molecular weight excluding hydrogens is 489 g/mol. The van der Waals surface area contributed by atoms with Gasteiger partial charge in [-0.05, 0) is 73.2 Å². The van der Waals surface area contributed by atoms with Crippen molar-refractivity contribution in [2.24, 2.45) is 0 Å². The van der Waals surface area contributed by atoms with E-state index < -0.39 is 23.8 Å². The third-order valence-electron chi connectivity index (χ3n) is 4.54. The second-order valence-electron chi connectivity index (χ2n) is 7.20. The Morgan fingerprint density at radius 2 is 1.47 bits per heavy atom. The molecular formula is C25H22ClF3O4S. The third kappa shape index (κ3) is 8.18. The van der Waals surface area contributed by atoms with Gasteiger partial charge in [-0.2, -0.15) is 24.9 Å². The molecule has 0 spiro atoms. The highest BCUT2D eigenvalue weighted by Crippen LogP contribution is 2.31. The molecule has 0 aliphatic rings. The van der Waals surface area contributed by atoms with Crippen LogP contribution < -0.4 is 9.47 Å². The Labute approximate surface area is 205 Å². The number of carbonyl (C=O) groups excluding carboxylic acids is 1. The minimum absolute atomic E-state index is 0.269. The van der Waals surface area contributed by atoms with Crippen molar-refractivity contribution < 1.29 is 32.2 Å². The minimum Gasteiger partial charge on any atom is -0.479 e. The van der Waals surface area contributed by atoms with E-state index in [1.165, 1.54) is 12.1 Å². The van der Waals surface area contributed by atoms with Crippen molar-refractivity contribution in [3.63, 3.8) is 0 Å². The number of benzene rings is 3. The first kappa shape index (κ1) is 25.8. The first-order valence-electron chi connectivity index (χ1n) is 10.3. The molecule has 0 N–H and O–H groups in total. The van der Waals surface area contributed by atoms with Crippen LogP contribution in [-0.2, 0) is 21.5 Å². The summed E-state index contributed by atoms with van der Waals surface area (Å²) < 4.78 is 54.3. The molecule has 34 heavy (non-hydrogen) atoms. The molecule has 0 fully saturated rings. The Balaban J connectivity index is 1.39. The SMILES string of the molecule is CC(Oc1ccc(Oc2ccc(C(F)(F)F)cc2)cc1)C(=O)OCCSCc1ccc(Cl)cc1. The Bertz CT molecular complexity index is 1060. The van der Waals surface area contributed by atoms with Crippen LogP contribution in [0.5, 0.6) is 17.2 Å². The molecule has 0 aromatic heterocycles. The fourth-order valence-corrected chi connectivity index (χ4v) is 3.68.